The van der Waals surface area contributed by atoms with E-state index in [-0.39, 0.29) is 21.0 Å². The van der Waals surface area contributed by atoms with E-state index in [1.54, 1.807) is 62.4 Å². The molecule has 0 saturated carbocycles. The topological polar surface area (TPSA) is 128 Å². The second-order valence-electron chi connectivity index (χ2n) is 11.8. The number of carbonyl (C=O) groups excluding carboxylic acids is 1. The van der Waals surface area contributed by atoms with Crippen LogP contribution in [0.1, 0.15) is 62.7 Å². The SMILES string of the molecule is CCN(CC)S(=O)(=O)c1ccc(N2CCCCC2)c(C(=O)Nc2ccc(N3CCCCC3)c(S(=O)(=O)Nc3ccccc3OC)c2)c1. The molecule has 0 atom stereocenters. The van der Waals surface area contributed by atoms with E-state index in [1.807, 2.05) is 0 Å². The smallest absolute Gasteiger partial charge is 0.264 e. The van der Waals surface area contributed by atoms with Gasteiger partial charge < -0.3 is 19.9 Å². The molecule has 0 spiro atoms. The molecular weight excluding hydrogens is 639 g/mol. The highest BCUT2D eigenvalue weighted by atomic mass is 32.2. The lowest BCUT2D eigenvalue weighted by Gasteiger charge is -2.31. The molecule has 254 valence electrons. The number of anilines is 4. The highest BCUT2D eigenvalue weighted by Crippen LogP contribution is 2.35. The zero-order valence-electron chi connectivity index (χ0n) is 27.4. The van der Waals surface area contributed by atoms with E-state index in [1.165, 1.54) is 23.5 Å². The van der Waals surface area contributed by atoms with Crippen molar-refractivity contribution in [2.75, 3.05) is 66.2 Å². The molecule has 2 aliphatic heterocycles. The molecule has 2 aliphatic rings. The monoisotopic (exact) mass is 683 g/mol. The number of nitrogens with zero attached hydrogens (tertiary/aromatic N) is 3. The van der Waals surface area contributed by atoms with Gasteiger partial charge in [0.15, 0.2) is 0 Å². The van der Waals surface area contributed by atoms with Crippen molar-refractivity contribution < 1.29 is 26.4 Å². The summed E-state index contributed by atoms with van der Waals surface area (Å²) < 4.78 is 64.3. The summed E-state index contributed by atoms with van der Waals surface area (Å²) in [5.74, 6) is -0.140. The number of methoxy groups -OCH3 is 1. The van der Waals surface area contributed by atoms with E-state index in [9.17, 15) is 21.6 Å². The Hall–Kier alpha value is -3.81. The van der Waals surface area contributed by atoms with E-state index in [4.69, 9.17) is 4.74 Å². The highest BCUT2D eigenvalue weighted by molar-refractivity contribution is 7.93. The van der Waals surface area contributed by atoms with Gasteiger partial charge in [-0.2, -0.15) is 4.31 Å². The largest absolute Gasteiger partial charge is 0.495 e. The number of piperidine rings is 2. The molecule has 5 rings (SSSR count). The van der Waals surface area contributed by atoms with Crippen LogP contribution in [0.2, 0.25) is 0 Å². The Balaban J connectivity index is 1.54. The minimum Gasteiger partial charge on any atom is -0.495 e. The first kappa shape index (κ1) is 34.5. The molecule has 0 aliphatic carbocycles. The Morgan fingerprint density at radius 1 is 0.787 bits per heavy atom. The molecule has 0 bridgehead atoms. The fourth-order valence-corrected chi connectivity index (χ4v) is 9.12. The van der Waals surface area contributed by atoms with Gasteiger partial charge in [-0.1, -0.05) is 26.0 Å². The Labute approximate surface area is 279 Å². The molecule has 2 heterocycles. The number of carbonyl (C=O) groups is 1. The van der Waals surface area contributed by atoms with Crippen LogP contribution in [-0.2, 0) is 20.0 Å². The Morgan fingerprint density at radius 2 is 1.38 bits per heavy atom. The molecular formula is C34H45N5O6S2. The van der Waals surface area contributed by atoms with Gasteiger partial charge in [0.05, 0.1) is 28.9 Å². The first-order valence-corrected chi connectivity index (χ1v) is 19.3. The van der Waals surface area contributed by atoms with Gasteiger partial charge in [0.2, 0.25) is 10.0 Å². The maximum Gasteiger partial charge on any atom is 0.264 e. The fraction of sp³-hybridized carbons (Fsp3) is 0.441. The molecule has 47 heavy (non-hydrogen) atoms. The van der Waals surface area contributed by atoms with Crippen LogP contribution in [-0.4, -0.2) is 73.4 Å². The van der Waals surface area contributed by atoms with E-state index in [2.05, 4.69) is 19.8 Å². The predicted octanol–water partition coefficient (Wildman–Crippen LogP) is 5.76. The second-order valence-corrected chi connectivity index (χ2v) is 15.4. The van der Waals surface area contributed by atoms with E-state index in [0.717, 1.165) is 64.7 Å². The molecule has 0 unspecified atom stereocenters. The van der Waals surface area contributed by atoms with Crippen molar-refractivity contribution >= 4 is 48.7 Å². The fourth-order valence-electron chi connectivity index (χ4n) is 6.31. The number of benzene rings is 3. The number of hydrogen-bond acceptors (Lipinski definition) is 8. The second kappa shape index (κ2) is 15.0. The zero-order chi connectivity index (χ0) is 33.6. The van der Waals surface area contributed by atoms with Crippen LogP contribution in [0.4, 0.5) is 22.7 Å². The van der Waals surface area contributed by atoms with Gasteiger partial charge in [0, 0.05) is 50.6 Å². The van der Waals surface area contributed by atoms with Gasteiger partial charge >= 0.3 is 0 Å². The van der Waals surface area contributed by atoms with Crippen molar-refractivity contribution in [3.05, 3.63) is 66.2 Å². The first-order valence-electron chi connectivity index (χ1n) is 16.3. The lowest BCUT2D eigenvalue weighted by atomic mass is 10.1. The number of para-hydroxylation sites is 2. The summed E-state index contributed by atoms with van der Waals surface area (Å²) in [4.78, 5) is 18.3. The lowest BCUT2D eigenvalue weighted by Crippen LogP contribution is -2.33. The van der Waals surface area contributed by atoms with Crippen molar-refractivity contribution in [3.8, 4) is 5.75 Å². The molecule has 1 amide bonds. The van der Waals surface area contributed by atoms with Gasteiger partial charge in [-0.3, -0.25) is 9.52 Å². The quantitative estimate of drug-likeness (QED) is 0.247. The third-order valence-electron chi connectivity index (χ3n) is 8.81. The number of amides is 1. The van der Waals surface area contributed by atoms with Crippen LogP contribution in [0.25, 0.3) is 0 Å². The van der Waals surface area contributed by atoms with Crippen LogP contribution < -0.4 is 24.6 Å². The van der Waals surface area contributed by atoms with Gasteiger partial charge in [0.1, 0.15) is 10.6 Å². The minimum atomic E-state index is -4.13. The highest BCUT2D eigenvalue weighted by Gasteiger charge is 2.28. The van der Waals surface area contributed by atoms with Crippen molar-refractivity contribution in [1.29, 1.82) is 0 Å². The van der Waals surface area contributed by atoms with Gasteiger partial charge in [-0.05, 0) is 87.1 Å². The summed E-state index contributed by atoms with van der Waals surface area (Å²) in [6.45, 7) is 7.10. The average Bonchev–Trinajstić information content (AvgIpc) is 3.09. The van der Waals surface area contributed by atoms with Crippen LogP contribution in [0.15, 0.2) is 70.5 Å². The zero-order valence-corrected chi connectivity index (χ0v) is 29.0. The van der Waals surface area contributed by atoms with Crippen molar-refractivity contribution in [2.45, 2.75) is 62.2 Å². The van der Waals surface area contributed by atoms with Gasteiger partial charge in [-0.25, -0.2) is 16.8 Å². The van der Waals surface area contributed by atoms with Gasteiger partial charge in [0.25, 0.3) is 15.9 Å². The Bertz CT molecular complexity index is 1780. The van der Waals surface area contributed by atoms with E-state index < -0.39 is 26.0 Å². The minimum absolute atomic E-state index is 0.0252. The molecule has 2 N–H and O–H groups in total. The van der Waals surface area contributed by atoms with Crippen LogP contribution in [0, 0.1) is 0 Å². The third kappa shape index (κ3) is 7.68. The normalized spacial score (nSPS) is 15.8. The Kier molecular flexibility index (Phi) is 11.0. The molecule has 3 aromatic rings. The summed E-state index contributed by atoms with van der Waals surface area (Å²) in [6.07, 6.45) is 6.01. The molecule has 2 fully saturated rings. The maximum absolute atomic E-state index is 14.0. The van der Waals surface area contributed by atoms with Crippen molar-refractivity contribution in [2.24, 2.45) is 0 Å². The van der Waals surface area contributed by atoms with E-state index in [0.29, 0.717) is 35.9 Å². The predicted molar refractivity (Wildman–Crippen MR) is 187 cm³/mol. The number of rotatable bonds is 12. The lowest BCUT2D eigenvalue weighted by molar-refractivity contribution is 0.102. The van der Waals surface area contributed by atoms with E-state index >= 15 is 0 Å². The van der Waals surface area contributed by atoms with Crippen molar-refractivity contribution in [3.63, 3.8) is 0 Å². The molecule has 3 aromatic carbocycles. The summed E-state index contributed by atoms with van der Waals surface area (Å²) in [7, 11) is -6.48. The number of nitrogens with one attached hydrogen (secondary N) is 2. The summed E-state index contributed by atoms with van der Waals surface area (Å²) in [5.41, 5.74) is 1.99. The Morgan fingerprint density at radius 3 is 2.00 bits per heavy atom. The van der Waals surface area contributed by atoms with Gasteiger partial charge in [-0.15, -0.1) is 0 Å². The molecule has 0 radical (unpaired) electrons. The molecule has 0 aromatic heterocycles. The number of sulfonamides is 2. The summed E-state index contributed by atoms with van der Waals surface area (Å²) in [6, 6.07) is 16.4. The van der Waals surface area contributed by atoms with Crippen LogP contribution in [0.3, 0.4) is 0 Å². The van der Waals surface area contributed by atoms with Crippen LogP contribution in [0.5, 0.6) is 5.75 Å². The molecule has 11 nitrogen and oxygen atoms in total. The summed E-state index contributed by atoms with van der Waals surface area (Å²) in [5, 5.41) is 2.89. The average molecular weight is 684 g/mol. The number of hydrogen-bond donors (Lipinski definition) is 2. The first-order chi connectivity index (χ1) is 22.6. The maximum atomic E-state index is 14.0. The standard InChI is InChI=1S/C34H45N5O6S2/c1-4-39(5-2)47(43,44)27-17-19-30(37-20-10-6-11-21-37)28(25-27)34(40)35-26-16-18-31(38-22-12-7-13-23-38)33(24-26)46(41,42)36-29-14-8-9-15-32(29)45-3/h8-9,14-19,24-25,36H,4-7,10-13,20-23H2,1-3H3,(H,35,40). The third-order valence-corrected chi connectivity index (χ3v) is 12.2. The molecule has 13 heteroatoms. The molecule has 2 saturated heterocycles. The van der Waals surface area contributed by atoms with Crippen molar-refractivity contribution in [1.82, 2.24) is 4.31 Å². The van der Waals surface area contributed by atoms with Crippen LogP contribution >= 0.6 is 0 Å². The summed E-state index contributed by atoms with van der Waals surface area (Å²) >= 11 is 0. The number of ether oxygens (including phenoxy) is 1.